The Labute approximate surface area is 68.6 Å². The number of carboxylic acid groups (broad SMARTS) is 1. The SMILES string of the molecule is Cl.O=C(O)C1=NCSC=C1. The van der Waals surface area contributed by atoms with Crippen LogP contribution >= 0.6 is 24.2 Å². The normalized spacial score (nSPS) is 15.4. The molecule has 0 aromatic rings. The van der Waals surface area contributed by atoms with E-state index in [0.29, 0.717) is 5.88 Å². The second-order valence-electron chi connectivity index (χ2n) is 1.45. The summed E-state index contributed by atoms with van der Waals surface area (Å²) in [5, 5.41) is 10.1. The Morgan fingerprint density at radius 1 is 1.80 bits per heavy atom. The summed E-state index contributed by atoms with van der Waals surface area (Å²) in [6.07, 6.45) is 1.50. The number of halogens is 1. The van der Waals surface area contributed by atoms with E-state index in [0.717, 1.165) is 0 Å². The molecule has 5 heteroatoms. The molecule has 56 valence electrons. The number of hydrogen-bond donors (Lipinski definition) is 1. The van der Waals surface area contributed by atoms with Crippen molar-refractivity contribution >= 4 is 35.8 Å². The van der Waals surface area contributed by atoms with Crippen LogP contribution in [0.1, 0.15) is 0 Å². The van der Waals surface area contributed by atoms with Crippen LogP contribution in [0.2, 0.25) is 0 Å². The second-order valence-corrected chi connectivity index (χ2v) is 2.31. The first-order valence-electron chi connectivity index (χ1n) is 2.36. The molecule has 0 radical (unpaired) electrons. The molecule has 0 amide bonds. The fourth-order valence-corrected chi connectivity index (χ4v) is 0.979. The maximum Gasteiger partial charge on any atom is 0.354 e. The van der Waals surface area contributed by atoms with E-state index in [2.05, 4.69) is 4.99 Å². The Morgan fingerprint density at radius 3 is 2.80 bits per heavy atom. The van der Waals surface area contributed by atoms with Gasteiger partial charge in [0.05, 0.1) is 5.88 Å². The molecule has 0 unspecified atom stereocenters. The fraction of sp³-hybridized carbons (Fsp3) is 0.200. The van der Waals surface area contributed by atoms with E-state index in [4.69, 9.17) is 5.11 Å². The highest BCUT2D eigenvalue weighted by Gasteiger charge is 2.05. The number of aliphatic carboxylic acids is 1. The third-order valence-electron chi connectivity index (χ3n) is 0.851. The molecule has 0 aromatic heterocycles. The molecule has 0 aliphatic carbocycles. The average Bonchev–Trinajstić information content (AvgIpc) is 1.90. The van der Waals surface area contributed by atoms with Crippen molar-refractivity contribution in [3.8, 4) is 0 Å². The summed E-state index contributed by atoms with van der Waals surface area (Å²) < 4.78 is 0. The van der Waals surface area contributed by atoms with E-state index < -0.39 is 5.97 Å². The predicted molar refractivity (Wildman–Crippen MR) is 43.9 cm³/mol. The molecule has 3 nitrogen and oxygen atoms in total. The molecule has 0 spiro atoms. The van der Waals surface area contributed by atoms with Gasteiger partial charge in [0.15, 0.2) is 0 Å². The van der Waals surface area contributed by atoms with Gasteiger partial charge in [0.2, 0.25) is 0 Å². The topological polar surface area (TPSA) is 49.7 Å². The average molecular weight is 180 g/mol. The molecular weight excluding hydrogens is 174 g/mol. The van der Waals surface area contributed by atoms with Gasteiger partial charge in [-0.3, -0.25) is 4.99 Å². The van der Waals surface area contributed by atoms with Gasteiger partial charge in [-0.05, 0) is 11.5 Å². The van der Waals surface area contributed by atoms with E-state index >= 15 is 0 Å². The Hall–Kier alpha value is -0.480. The van der Waals surface area contributed by atoms with Crippen molar-refractivity contribution in [3.63, 3.8) is 0 Å². The maximum absolute atomic E-state index is 10.2. The summed E-state index contributed by atoms with van der Waals surface area (Å²) >= 11 is 1.48. The van der Waals surface area contributed by atoms with Crippen LogP contribution in [-0.4, -0.2) is 22.7 Å². The Kier molecular flexibility index (Phi) is 4.14. The minimum Gasteiger partial charge on any atom is -0.477 e. The lowest BCUT2D eigenvalue weighted by Crippen LogP contribution is -2.11. The van der Waals surface area contributed by atoms with Gasteiger partial charge >= 0.3 is 5.97 Å². The number of thioether (sulfide) groups is 1. The van der Waals surface area contributed by atoms with Crippen LogP contribution in [0.15, 0.2) is 16.5 Å². The maximum atomic E-state index is 10.2. The van der Waals surface area contributed by atoms with Crippen molar-refractivity contribution in [2.75, 3.05) is 5.88 Å². The third kappa shape index (κ3) is 2.41. The molecule has 0 saturated heterocycles. The molecule has 0 aromatic carbocycles. The van der Waals surface area contributed by atoms with Gasteiger partial charge in [-0.2, -0.15) is 0 Å². The monoisotopic (exact) mass is 179 g/mol. The fourth-order valence-electron chi connectivity index (χ4n) is 0.454. The largest absolute Gasteiger partial charge is 0.477 e. The Balaban J connectivity index is 0.000000810. The van der Waals surface area contributed by atoms with Gasteiger partial charge in [-0.1, -0.05) is 0 Å². The lowest BCUT2D eigenvalue weighted by Gasteiger charge is -1.98. The summed E-state index contributed by atoms with van der Waals surface area (Å²) in [5.41, 5.74) is 0.147. The summed E-state index contributed by atoms with van der Waals surface area (Å²) in [5.74, 6) is -0.426. The molecule has 0 saturated carbocycles. The van der Waals surface area contributed by atoms with Crippen LogP contribution in [0.25, 0.3) is 0 Å². The van der Waals surface area contributed by atoms with Crippen molar-refractivity contribution in [2.24, 2.45) is 4.99 Å². The van der Waals surface area contributed by atoms with Crippen LogP contribution in [0.3, 0.4) is 0 Å². The van der Waals surface area contributed by atoms with Crippen molar-refractivity contribution < 1.29 is 9.90 Å². The minimum atomic E-state index is -0.952. The number of aliphatic imine (C=N–C) groups is 1. The van der Waals surface area contributed by atoms with E-state index in [1.54, 1.807) is 5.41 Å². The highest BCUT2D eigenvalue weighted by Crippen LogP contribution is 2.07. The number of hydrogen-bond acceptors (Lipinski definition) is 3. The molecule has 10 heavy (non-hydrogen) atoms. The third-order valence-corrected chi connectivity index (χ3v) is 1.46. The quantitative estimate of drug-likeness (QED) is 0.657. The van der Waals surface area contributed by atoms with Gasteiger partial charge in [0.25, 0.3) is 0 Å². The number of carbonyl (C=O) groups is 1. The molecule has 0 bridgehead atoms. The summed E-state index contributed by atoms with van der Waals surface area (Å²) in [6.45, 7) is 0. The zero-order valence-corrected chi connectivity index (χ0v) is 6.61. The smallest absolute Gasteiger partial charge is 0.354 e. The van der Waals surface area contributed by atoms with Crippen LogP contribution in [0, 0.1) is 0 Å². The van der Waals surface area contributed by atoms with E-state index in [9.17, 15) is 4.79 Å². The molecule has 1 aliphatic rings. The van der Waals surface area contributed by atoms with Crippen LogP contribution < -0.4 is 0 Å². The zero-order chi connectivity index (χ0) is 6.69. The van der Waals surface area contributed by atoms with Gasteiger partial charge in [0.1, 0.15) is 5.71 Å². The van der Waals surface area contributed by atoms with E-state index in [1.807, 2.05) is 0 Å². The molecule has 1 aliphatic heterocycles. The van der Waals surface area contributed by atoms with E-state index in [-0.39, 0.29) is 18.1 Å². The summed E-state index contributed by atoms with van der Waals surface area (Å²) in [6, 6.07) is 0. The number of nitrogens with zero attached hydrogens (tertiary/aromatic N) is 1. The molecule has 1 N–H and O–H groups in total. The number of carboxylic acids is 1. The van der Waals surface area contributed by atoms with Crippen molar-refractivity contribution in [2.45, 2.75) is 0 Å². The van der Waals surface area contributed by atoms with Gasteiger partial charge < -0.3 is 5.11 Å². The van der Waals surface area contributed by atoms with E-state index in [1.165, 1.54) is 17.8 Å². The highest BCUT2D eigenvalue weighted by atomic mass is 35.5. The van der Waals surface area contributed by atoms with Crippen molar-refractivity contribution in [1.29, 1.82) is 0 Å². The van der Waals surface area contributed by atoms with Crippen LogP contribution in [0.4, 0.5) is 0 Å². The van der Waals surface area contributed by atoms with Gasteiger partial charge in [-0.25, -0.2) is 4.79 Å². The Bertz CT molecular complexity index is 190. The lowest BCUT2D eigenvalue weighted by atomic mass is 10.4. The highest BCUT2D eigenvalue weighted by molar-refractivity contribution is 8.02. The first-order chi connectivity index (χ1) is 4.30. The van der Waals surface area contributed by atoms with Gasteiger partial charge in [-0.15, -0.1) is 24.2 Å². The number of rotatable bonds is 1. The predicted octanol–water partition coefficient (Wildman–Crippen LogP) is 1.15. The summed E-state index contributed by atoms with van der Waals surface area (Å²) in [4.78, 5) is 13.9. The summed E-state index contributed by atoms with van der Waals surface area (Å²) in [7, 11) is 0. The molecular formula is C5H6ClNO2S. The molecule has 0 fully saturated rings. The van der Waals surface area contributed by atoms with Crippen LogP contribution in [-0.2, 0) is 4.79 Å². The first kappa shape index (κ1) is 9.52. The minimum absolute atomic E-state index is 0. The molecule has 0 atom stereocenters. The lowest BCUT2D eigenvalue weighted by molar-refractivity contribution is -0.129. The first-order valence-corrected chi connectivity index (χ1v) is 3.41. The Morgan fingerprint density at radius 2 is 2.50 bits per heavy atom. The van der Waals surface area contributed by atoms with Crippen LogP contribution in [0.5, 0.6) is 0 Å². The van der Waals surface area contributed by atoms with Gasteiger partial charge in [0, 0.05) is 0 Å². The van der Waals surface area contributed by atoms with Crippen molar-refractivity contribution in [1.82, 2.24) is 0 Å². The zero-order valence-electron chi connectivity index (χ0n) is 4.98. The molecule has 1 rings (SSSR count). The van der Waals surface area contributed by atoms with Crippen molar-refractivity contribution in [3.05, 3.63) is 11.5 Å². The second kappa shape index (κ2) is 4.35. The molecule has 1 heterocycles. The standard InChI is InChI=1S/C5H5NO2S.ClH/c7-5(8)4-1-2-9-3-6-4;/h1-2H,3H2,(H,7,8);1H.